The van der Waals surface area contributed by atoms with Crippen molar-refractivity contribution in [2.24, 2.45) is 0 Å². The summed E-state index contributed by atoms with van der Waals surface area (Å²) >= 11 is 5.81. The van der Waals surface area contributed by atoms with Gasteiger partial charge in [0.2, 0.25) is 0 Å². The third kappa shape index (κ3) is 3.14. The topological polar surface area (TPSA) is 39.2 Å². The van der Waals surface area contributed by atoms with Crippen molar-refractivity contribution in [3.8, 4) is 5.75 Å². The van der Waals surface area contributed by atoms with Crippen LogP contribution >= 0.6 is 11.6 Å². The third-order valence-corrected chi connectivity index (χ3v) is 3.03. The maximum atomic E-state index is 13.4. The quantitative estimate of drug-likeness (QED) is 0.785. The molecule has 1 aromatic heterocycles. The summed E-state index contributed by atoms with van der Waals surface area (Å²) in [4.78, 5) is 16.3. The van der Waals surface area contributed by atoms with Crippen LogP contribution in [0, 0.1) is 5.82 Å². The number of aromatic nitrogens is 1. The van der Waals surface area contributed by atoms with Gasteiger partial charge >= 0.3 is 0 Å². The van der Waals surface area contributed by atoms with Crippen molar-refractivity contribution in [2.75, 3.05) is 6.61 Å². The van der Waals surface area contributed by atoms with Gasteiger partial charge in [0, 0.05) is 17.3 Å². The highest BCUT2D eigenvalue weighted by Crippen LogP contribution is 2.23. The SMILES string of the molecule is CCCOc1cncc(C(=O)c2cccc(F)c2Cl)c1. The van der Waals surface area contributed by atoms with Crippen LogP contribution in [-0.4, -0.2) is 17.4 Å². The van der Waals surface area contributed by atoms with Crippen LogP contribution in [0.15, 0.2) is 36.7 Å². The highest BCUT2D eigenvalue weighted by Gasteiger charge is 2.16. The number of ether oxygens (including phenoxy) is 1. The fourth-order valence-corrected chi connectivity index (χ4v) is 1.89. The minimum atomic E-state index is -0.621. The van der Waals surface area contributed by atoms with Crippen molar-refractivity contribution < 1.29 is 13.9 Å². The van der Waals surface area contributed by atoms with Gasteiger partial charge in [-0.05, 0) is 24.6 Å². The van der Waals surface area contributed by atoms with Crippen molar-refractivity contribution >= 4 is 17.4 Å². The Labute approximate surface area is 121 Å². The van der Waals surface area contributed by atoms with Gasteiger partial charge in [0.1, 0.15) is 11.6 Å². The second kappa shape index (κ2) is 6.48. The van der Waals surface area contributed by atoms with Crippen LogP contribution in [0.5, 0.6) is 5.75 Å². The first kappa shape index (κ1) is 14.5. The monoisotopic (exact) mass is 293 g/mol. The first-order valence-electron chi connectivity index (χ1n) is 6.20. The van der Waals surface area contributed by atoms with Crippen LogP contribution in [0.3, 0.4) is 0 Å². The van der Waals surface area contributed by atoms with Gasteiger partial charge in [-0.3, -0.25) is 9.78 Å². The van der Waals surface area contributed by atoms with Gasteiger partial charge in [-0.15, -0.1) is 0 Å². The lowest BCUT2D eigenvalue weighted by Crippen LogP contribution is -2.05. The zero-order chi connectivity index (χ0) is 14.5. The fraction of sp³-hybridized carbons (Fsp3) is 0.200. The average Bonchev–Trinajstić information content (AvgIpc) is 2.47. The van der Waals surface area contributed by atoms with E-state index in [-0.39, 0.29) is 16.4 Å². The molecule has 0 fully saturated rings. The van der Waals surface area contributed by atoms with Crippen molar-refractivity contribution in [3.05, 3.63) is 58.6 Å². The largest absolute Gasteiger partial charge is 0.492 e. The predicted molar refractivity (Wildman–Crippen MR) is 74.9 cm³/mol. The number of carbonyl (C=O) groups excluding carboxylic acids is 1. The molecule has 5 heteroatoms. The van der Waals surface area contributed by atoms with E-state index in [1.54, 1.807) is 6.07 Å². The Hall–Kier alpha value is -1.94. The number of nitrogens with zero attached hydrogens (tertiary/aromatic N) is 1. The van der Waals surface area contributed by atoms with Gasteiger partial charge in [0.05, 0.1) is 17.8 Å². The van der Waals surface area contributed by atoms with Crippen LogP contribution in [0.25, 0.3) is 0 Å². The fourth-order valence-electron chi connectivity index (χ4n) is 1.68. The van der Waals surface area contributed by atoms with Crippen molar-refractivity contribution in [2.45, 2.75) is 13.3 Å². The zero-order valence-electron chi connectivity index (χ0n) is 10.9. The van der Waals surface area contributed by atoms with Gasteiger partial charge in [0.15, 0.2) is 5.78 Å². The summed E-state index contributed by atoms with van der Waals surface area (Å²) in [7, 11) is 0. The van der Waals surface area contributed by atoms with E-state index < -0.39 is 5.82 Å². The number of pyridine rings is 1. The Bertz CT molecular complexity index is 631. The van der Waals surface area contributed by atoms with Gasteiger partial charge in [-0.2, -0.15) is 0 Å². The molecule has 2 aromatic rings. The molecule has 104 valence electrons. The Balaban J connectivity index is 2.31. The lowest BCUT2D eigenvalue weighted by molar-refractivity contribution is 0.103. The van der Waals surface area contributed by atoms with E-state index >= 15 is 0 Å². The van der Waals surface area contributed by atoms with Gasteiger partial charge in [-0.1, -0.05) is 24.6 Å². The third-order valence-electron chi connectivity index (χ3n) is 2.64. The molecule has 1 aromatic carbocycles. The average molecular weight is 294 g/mol. The molecule has 0 radical (unpaired) electrons. The summed E-state index contributed by atoms with van der Waals surface area (Å²) in [5.74, 6) is -0.502. The molecule has 0 amide bonds. The summed E-state index contributed by atoms with van der Waals surface area (Å²) in [6.45, 7) is 2.52. The molecule has 1 heterocycles. The molecule has 20 heavy (non-hydrogen) atoms. The van der Waals surface area contributed by atoms with Crippen molar-refractivity contribution in [1.29, 1.82) is 0 Å². The Morgan fingerprint density at radius 1 is 1.40 bits per heavy atom. The zero-order valence-corrected chi connectivity index (χ0v) is 11.7. The molecule has 0 N–H and O–H groups in total. The number of benzene rings is 1. The maximum Gasteiger partial charge on any atom is 0.196 e. The Morgan fingerprint density at radius 3 is 2.95 bits per heavy atom. The highest BCUT2D eigenvalue weighted by molar-refractivity contribution is 6.35. The normalized spacial score (nSPS) is 10.3. The van der Waals surface area contributed by atoms with E-state index in [0.29, 0.717) is 17.9 Å². The molecule has 0 bridgehead atoms. The molecule has 0 aliphatic carbocycles. The van der Waals surface area contributed by atoms with E-state index in [4.69, 9.17) is 16.3 Å². The standard InChI is InChI=1S/C15H13ClFNO2/c1-2-6-20-11-7-10(8-18-9-11)15(19)12-4-3-5-13(17)14(12)16/h3-5,7-9H,2,6H2,1H3. The number of carbonyl (C=O) groups is 1. The highest BCUT2D eigenvalue weighted by atomic mass is 35.5. The van der Waals surface area contributed by atoms with Crippen LogP contribution in [-0.2, 0) is 0 Å². The molecule has 3 nitrogen and oxygen atoms in total. The molecular weight excluding hydrogens is 281 g/mol. The van der Waals surface area contributed by atoms with Crippen molar-refractivity contribution in [1.82, 2.24) is 4.98 Å². The molecule has 0 aliphatic rings. The summed E-state index contributed by atoms with van der Waals surface area (Å²) in [6.07, 6.45) is 3.79. The number of halogens is 2. The van der Waals surface area contributed by atoms with E-state index in [1.807, 2.05) is 6.92 Å². The molecule has 0 atom stereocenters. The van der Waals surface area contributed by atoms with Crippen molar-refractivity contribution in [3.63, 3.8) is 0 Å². The van der Waals surface area contributed by atoms with E-state index in [1.165, 1.54) is 30.6 Å². The summed E-state index contributed by atoms with van der Waals surface area (Å²) in [5, 5.41) is -0.183. The Morgan fingerprint density at radius 2 is 2.20 bits per heavy atom. The smallest absolute Gasteiger partial charge is 0.196 e. The second-order valence-electron chi connectivity index (χ2n) is 4.19. The Kier molecular flexibility index (Phi) is 4.69. The molecule has 2 rings (SSSR count). The van der Waals surface area contributed by atoms with Crippen LogP contribution in [0.4, 0.5) is 4.39 Å². The second-order valence-corrected chi connectivity index (χ2v) is 4.57. The van der Waals surface area contributed by atoms with E-state index in [2.05, 4.69) is 4.98 Å². The number of rotatable bonds is 5. The number of hydrogen-bond donors (Lipinski definition) is 0. The van der Waals surface area contributed by atoms with E-state index in [0.717, 1.165) is 6.42 Å². The predicted octanol–water partition coefficient (Wildman–Crippen LogP) is 3.89. The molecule has 0 saturated carbocycles. The molecular formula is C15H13ClFNO2. The minimum Gasteiger partial charge on any atom is -0.492 e. The number of hydrogen-bond acceptors (Lipinski definition) is 3. The first-order chi connectivity index (χ1) is 9.63. The van der Waals surface area contributed by atoms with Crippen LogP contribution in [0.1, 0.15) is 29.3 Å². The van der Waals surface area contributed by atoms with Gasteiger partial charge < -0.3 is 4.74 Å². The molecule has 0 saturated heterocycles. The minimum absolute atomic E-state index is 0.112. The lowest BCUT2D eigenvalue weighted by atomic mass is 10.0. The molecule has 0 aliphatic heterocycles. The summed E-state index contributed by atoms with van der Waals surface area (Å²) in [5.41, 5.74) is 0.423. The van der Waals surface area contributed by atoms with E-state index in [9.17, 15) is 9.18 Å². The maximum absolute atomic E-state index is 13.4. The summed E-state index contributed by atoms with van der Waals surface area (Å²) < 4.78 is 18.8. The van der Waals surface area contributed by atoms with Gasteiger partial charge in [0.25, 0.3) is 0 Å². The summed E-state index contributed by atoms with van der Waals surface area (Å²) in [6, 6.07) is 5.71. The van der Waals surface area contributed by atoms with Gasteiger partial charge in [-0.25, -0.2) is 4.39 Å². The van der Waals surface area contributed by atoms with Crippen LogP contribution in [0.2, 0.25) is 5.02 Å². The van der Waals surface area contributed by atoms with Crippen LogP contribution < -0.4 is 4.74 Å². The molecule has 0 spiro atoms. The first-order valence-corrected chi connectivity index (χ1v) is 6.58. The molecule has 0 unspecified atom stereocenters. The number of ketones is 1. The lowest BCUT2D eigenvalue weighted by Gasteiger charge is -2.07.